The molecule has 6 aromatic carbocycles. The highest BCUT2D eigenvalue weighted by molar-refractivity contribution is 6.09. The van der Waals surface area contributed by atoms with Gasteiger partial charge in [-0.05, 0) is 59.7 Å². The van der Waals surface area contributed by atoms with Crippen molar-refractivity contribution in [1.82, 2.24) is 19.5 Å². The first-order chi connectivity index (χ1) is 23.2. The number of aromatic nitrogens is 4. The van der Waals surface area contributed by atoms with Crippen molar-refractivity contribution in [1.29, 1.82) is 10.5 Å². The number of hydrogen-bond donors (Lipinski definition) is 0. The maximum Gasteiger partial charge on any atom is 0.166 e. The first kappa shape index (κ1) is 27.6. The summed E-state index contributed by atoms with van der Waals surface area (Å²) in [6, 6.07) is 52.2. The van der Waals surface area contributed by atoms with E-state index in [9.17, 15) is 10.5 Å². The van der Waals surface area contributed by atoms with Crippen LogP contribution in [0.2, 0.25) is 0 Å². The van der Waals surface area contributed by atoms with Crippen LogP contribution >= 0.6 is 0 Å². The number of nitrogens with zero attached hydrogens (tertiary/aromatic N) is 6. The zero-order chi connectivity index (χ0) is 31.7. The third-order valence-electron chi connectivity index (χ3n) is 8.32. The molecule has 0 saturated heterocycles. The van der Waals surface area contributed by atoms with Crippen LogP contribution in [0.25, 0.3) is 72.8 Å². The van der Waals surface area contributed by atoms with Crippen molar-refractivity contribution in [2.75, 3.05) is 0 Å². The zero-order valence-electron chi connectivity index (χ0n) is 25.0. The van der Waals surface area contributed by atoms with Crippen molar-refractivity contribution in [3.8, 4) is 63.1 Å². The van der Waals surface area contributed by atoms with E-state index in [-0.39, 0.29) is 0 Å². The highest BCUT2D eigenvalue weighted by Gasteiger charge is 2.20. The molecule has 218 valence electrons. The van der Waals surface area contributed by atoms with Gasteiger partial charge < -0.3 is 4.57 Å². The van der Waals surface area contributed by atoms with Crippen molar-refractivity contribution in [2.45, 2.75) is 0 Å². The Labute approximate surface area is 271 Å². The fourth-order valence-electron chi connectivity index (χ4n) is 6.08. The molecule has 0 unspecified atom stereocenters. The molecule has 2 aromatic heterocycles. The van der Waals surface area contributed by atoms with Crippen LogP contribution in [0.5, 0.6) is 0 Å². The fourth-order valence-corrected chi connectivity index (χ4v) is 6.08. The van der Waals surface area contributed by atoms with E-state index in [1.165, 1.54) is 0 Å². The predicted octanol–water partition coefficient (Wildman–Crippen LogP) is 9.38. The smallest absolute Gasteiger partial charge is 0.166 e. The highest BCUT2D eigenvalue weighted by Crippen LogP contribution is 2.37. The molecule has 0 radical (unpaired) electrons. The number of rotatable bonds is 5. The molecule has 0 N–H and O–H groups in total. The van der Waals surface area contributed by atoms with Crippen LogP contribution in [-0.2, 0) is 0 Å². The lowest BCUT2D eigenvalue weighted by Gasteiger charge is -2.15. The third kappa shape index (κ3) is 4.97. The maximum absolute atomic E-state index is 9.98. The molecule has 0 amide bonds. The maximum atomic E-state index is 9.98. The van der Waals surface area contributed by atoms with Gasteiger partial charge in [-0.1, -0.05) is 97.1 Å². The topological polar surface area (TPSA) is 91.2 Å². The van der Waals surface area contributed by atoms with E-state index in [4.69, 9.17) is 15.0 Å². The Morgan fingerprint density at radius 2 is 0.979 bits per heavy atom. The quantitative estimate of drug-likeness (QED) is 0.196. The van der Waals surface area contributed by atoms with E-state index in [0.29, 0.717) is 28.6 Å². The van der Waals surface area contributed by atoms with Crippen molar-refractivity contribution >= 4 is 21.8 Å². The molecule has 8 aromatic rings. The number of para-hydroxylation sites is 2. The molecule has 0 saturated carbocycles. The van der Waals surface area contributed by atoms with E-state index >= 15 is 0 Å². The average molecular weight is 601 g/mol. The van der Waals surface area contributed by atoms with Crippen molar-refractivity contribution in [3.63, 3.8) is 0 Å². The van der Waals surface area contributed by atoms with Crippen molar-refractivity contribution in [2.24, 2.45) is 0 Å². The van der Waals surface area contributed by atoms with E-state index < -0.39 is 0 Å². The number of benzene rings is 6. The van der Waals surface area contributed by atoms with Gasteiger partial charge in [-0.25, -0.2) is 15.0 Å². The Hall–Kier alpha value is -6.89. The van der Waals surface area contributed by atoms with Gasteiger partial charge in [-0.15, -0.1) is 0 Å². The molecule has 6 nitrogen and oxygen atoms in total. The van der Waals surface area contributed by atoms with Crippen LogP contribution in [0.1, 0.15) is 11.1 Å². The van der Waals surface area contributed by atoms with Gasteiger partial charge in [-0.3, -0.25) is 0 Å². The monoisotopic (exact) mass is 600 g/mol. The van der Waals surface area contributed by atoms with Crippen LogP contribution in [0.3, 0.4) is 0 Å². The molecular formula is C41H24N6. The SMILES string of the molecule is N#Cc1ccc(-c2cccc(-c3nc(-c4ccccc4)nc(-c4cc(C#N)ccc4-n4c5ccccc5c5ccccc54)n3)c2)cc1. The minimum absolute atomic E-state index is 0.464. The van der Waals surface area contributed by atoms with Gasteiger partial charge in [0.2, 0.25) is 0 Å². The number of fused-ring (bicyclic) bond motifs is 3. The second-order valence-corrected chi connectivity index (χ2v) is 11.2. The lowest BCUT2D eigenvalue weighted by atomic mass is 10.0. The molecule has 0 aliphatic heterocycles. The summed E-state index contributed by atoms with van der Waals surface area (Å²) >= 11 is 0. The van der Waals surface area contributed by atoms with Crippen LogP contribution in [0.15, 0.2) is 146 Å². The lowest BCUT2D eigenvalue weighted by Crippen LogP contribution is -2.04. The molecule has 0 atom stereocenters. The minimum Gasteiger partial charge on any atom is -0.309 e. The summed E-state index contributed by atoms with van der Waals surface area (Å²) < 4.78 is 2.22. The van der Waals surface area contributed by atoms with E-state index in [0.717, 1.165) is 55.3 Å². The highest BCUT2D eigenvalue weighted by atomic mass is 15.1. The summed E-state index contributed by atoms with van der Waals surface area (Å²) in [5, 5.41) is 21.5. The Morgan fingerprint density at radius 1 is 0.426 bits per heavy atom. The largest absolute Gasteiger partial charge is 0.309 e. The third-order valence-corrected chi connectivity index (χ3v) is 8.32. The molecule has 0 aliphatic carbocycles. The number of nitriles is 2. The minimum atomic E-state index is 0.464. The lowest BCUT2D eigenvalue weighted by molar-refractivity contribution is 1.06. The van der Waals surface area contributed by atoms with Gasteiger partial charge in [0.1, 0.15) is 0 Å². The average Bonchev–Trinajstić information content (AvgIpc) is 3.49. The summed E-state index contributed by atoms with van der Waals surface area (Å²) in [6.07, 6.45) is 0. The second kappa shape index (κ2) is 11.6. The molecule has 0 aliphatic rings. The molecular weight excluding hydrogens is 576 g/mol. The second-order valence-electron chi connectivity index (χ2n) is 11.2. The van der Waals surface area contributed by atoms with E-state index in [2.05, 4.69) is 59.2 Å². The number of hydrogen-bond acceptors (Lipinski definition) is 5. The molecule has 0 spiro atoms. The molecule has 8 rings (SSSR count). The van der Waals surface area contributed by atoms with Gasteiger partial charge in [0.25, 0.3) is 0 Å². The first-order valence-electron chi connectivity index (χ1n) is 15.2. The first-order valence-corrected chi connectivity index (χ1v) is 15.2. The Morgan fingerprint density at radius 3 is 1.66 bits per heavy atom. The van der Waals surface area contributed by atoms with Crippen LogP contribution in [0.4, 0.5) is 0 Å². The normalized spacial score (nSPS) is 10.9. The Bertz CT molecular complexity index is 2480. The summed E-state index contributed by atoms with van der Waals surface area (Å²) in [4.78, 5) is 15.1. The fraction of sp³-hybridized carbons (Fsp3) is 0. The van der Waals surface area contributed by atoms with Crippen LogP contribution in [-0.4, -0.2) is 19.5 Å². The molecule has 0 fully saturated rings. The van der Waals surface area contributed by atoms with Gasteiger partial charge in [0.05, 0.1) is 40.0 Å². The summed E-state index contributed by atoms with van der Waals surface area (Å²) in [5.41, 5.74) is 8.45. The molecule has 0 bridgehead atoms. The molecule has 6 heteroatoms. The van der Waals surface area contributed by atoms with Gasteiger partial charge >= 0.3 is 0 Å². The van der Waals surface area contributed by atoms with Crippen LogP contribution in [0, 0.1) is 22.7 Å². The summed E-state index contributed by atoms with van der Waals surface area (Å²) in [7, 11) is 0. The predicted molar refractivity (Wildman–Crippen MR) is 185 cm³/mol. The van der Waals surface area contributed by atoms with E-state index in [1.54, 1.807) is 0 Å². The summed E-state index contributed by atoms with van der Waals surface area (Å²) in [6.45, 7) is 0. The van der Waals surface area contributed by atoms with Gasteiger partial charge in [-0.2, -0.15) is 10.5 Å². The van der Waals surface area contributed by atoms with Crippen molar-refractivity contribution in [3.05, 3.63) is 157 Å². The van der Waals surface area contributed by atoms with Crippen LogP contribution < -0.4 is 0 Å². The Balaban J connectivity index is 1.38. The Kier molecular flexibility index (Phi) is 6.80. The zero-order valence-corrected chi connectivity index (χ0v) is 25.0. The van der Waals surface area contributed by atoms with Crippen molar-refractivity contribution < 1.29 is 0 Å². The molecule has 47 heavy (non-hydrogen) atoms. The summed E-state index contributed by atoms with van der Waals surface area (Å²) in [5.74, 6) is 1.51. The van der Waals surface area contributed by atoms with Gasteiger partial charge in [0, 0.05) is 27.5 Å². The molecule has 2 heterocycles. The standard InChI is InChI=1S/C41H24N6/c42-25-27-17-20-29(21-18-27)31-11-8-12-32(24-31)40-44-39(30-9-2-1-3-10-30)45-41(46-40)35-23-28(26-43)19-22-38(35)47-36-15-6-4-13-33(36)34-14-5-7-16-37(34)47/h1-24H. The van der Waals surface area contributed by atoms with Gasteiger partial charge in [0.15, 0.2) is 17.5 Å². The van der Waals surface area contributed by atoms with E-state index in [1.807, 2.05) is 103 Å².